The molecule has 0 unspecified atom stereocenters. The van der Waals surface area contributed by atoms with Crippen molar-refractivity contribution in [3.63, 3.8) is 0 Å². The van der Waals surface area contributed by atoms with E-state index < -0.39 is 0 Å². The molecule has 0 bridgehead atoms. The van der Waals surface area contributed by atoms with Gasteiger partial charge in [0.15, 0.2) is 5.69 Å². The van der Waals surface area contributed by atoms with Gasteiger partial charge >= 0.3 is 0 Å². The summed E-state index contributed by atoms with van der Waals surface area (Å²) in [7, 11) is 3.22. The standard InChI is InChI=1S/C19H24FN3O3/c1-25-12-10-22(11-13-26-2)19(24)18-16-4-3-5-17(16)23(21-18)15-8-6-14(20)7-9-15/h6-9H,3-5,10-13H2,1-2H3. The summed E-state index contributed by atoms with van der Waals surface area (Å²) < 4.78 is 25.3. The third kappa shape index (κ3) is 3.78. The summed E-state index contributed by atoms with van der Waals surface area (Å²) in [4.78, 5) is 14.8. The van der Waals surface area contributed by atoms with Gasteiger partial charge < -0.3 is 14.4 Å². The average molecular weight is 361 g/mol. The van der Waals surface area contributed by atoms with Crippen LogP contribution in [0.1, 0.15) is 28.2 Å². The summed E-state index contributed by atoms with van der Waals surface area (Å²) in [5.41, 5.74) is 3.29. The van der Waals surface area contributed by atoms with E-state index in [-0.39, 0.29) is 11.7 Å². The summed E-state index contributed by atoms with van der Waals surface area (Å²) in [5, 5.41) is 4.59. The van der Waals surface area contributed by atoms with Crippen LogP contribution < -0.4 is 0 Å². The Morgan fingerprint density at radius 1 is 1.15 bits per heavy atom. The molecule has 2 aromatic rings. The molecule has 0 aliphatic heterocycles. The molecule has 0 radical (unpaired) electrons. The Hall–Kier alpha value is -2.25. The van der Waals surface area contributed by atoms with Gasteiger partial charge in [-0.1, -0.05) is 0 Å². The van der Waals surface area contributed by atoms with Crippen LogP contribution in [0, 0.1) is 5.82 Å². The Morgan fingerprint density at radius 2 is 1.81 bits per heavy atom. The monoisotopic (exact) mass is 361 g/mol. The fraction of sp³-hybridized carbons (Fsp3) is 0.474. The van der Waals surface area contributed by atoms with E-state index in [4.69, 9.17) is 9.47 Å². The number of hydrogen-bond donors (Lipinski definition) is 0. The maximum Gasteiger partial charge on any atom is 0.274 e. The van der Waals surface area contributed by atoms with E-state index in [1.807, 2.05) is 0 Å². The van der Waals surface area contributed by atoms with Gasteiger partial charge in [-0.05, 0) is 43.5 Å². The number of rotatable bonds is 8. The molecule has 26 heavy (non-hydrogen) atoms. The first-order valence-electron chi connectivity index (χ1n) is 8.79. The lowest BCUT2D eigenvalue weighted by molar-refractivity contribution is 0.0620. The number of nitrogens with zero attached hydrogens (tertiary/aromatic N) is 3. The van der Waals surface area contributed by atoms with Crippen molar-refractivity contribution in [3.05, 3.63) is 47.0 Å². The highest BCUT2D eigenvalue weighted by atomic mass is 19.1. The molecule has 7 heteroatoms. The Bertz CT molecular complexity index is 750. The zero-order valence-corrected chi connectivity index (χ0v) is 15.2. The van der Waals surface area contributed by atoms with Crippen molar-refractivity contribution in [1.82, 2.24) is 14.7 Å². The molecule has 6 nitrogen and oxygen atoms in total. The maximum absolute atomic E-state index is 13.2. The number of carbonyl (C=O) groups excluding carboxylic acids is 1. The molecule has 0 fully saturated rings. The lowest BCUT2D eigenvalue weighted by Crippen LogP contribution is -2.37. The largest absolute Gasteiger partial charge is 0.383 e. The molecule has 0 spiro atoms. The predicted octanol–water partition coefficient (Wildman–Crippen LogP) is 2.24. The number of amides is 1. The summed E-state index contributed by atoms with van der Waals surface area (Å²) in [6, 6.07) is 6.18. The summed E-state index contributed by atoms with van der Waals surface area (Å²) in [5.74, 6) is -0.405. The first-order valence-corrected chi connectivity index (χ1v) is 8.79. The average Bonchev–Trinajstić information content (AvgIpc) is 3.25. The molecular formula is C19H24FN3O3. The van der Waals surface area contributed by atoms with Crippen molar-refractivity contribution < 1.29 is 18.7 Å². The van der Waals surface area contributed by atoms with Crippen molar-refractivity contribution in [2.45, 2.75) is 19.3 Å². The highest BCUT2D eigenvalue weighted by molar-refractivity contribution is 5.94. The minimum Gasteiger partial charge on any atom is -0.383 e. The first-order chi connectivity index (χ1) is 12.7. The van der Waals surface area contributed by atoms with E-state index in [0.29, 0.717) is 32.0 Å². The highest BCUT2D eigenvalue weighted by Gasteiger charge is 2.29. The third-order valence-corrected chi connectivity index (χ3v) is 4.62. The molecule has 0 saturated heterocycles. The molecule has 0 N–H and O–H groups in total. The Labute approximate surface area is 152 Å². The second kappa shape index (κ2) is 8.42. The zero-order chi connectivity index (χ0) is 18.5. The van der Waals surface area contributed by atoms with Gasteiger partial charge in [0.05, 0.1) is 18.9 Å². The highest BCUT2D eigenvalue weighted by Crippen LogP contribution is 2.28. The SMILES string of the molecule is COCCN(CCOC)C(=O)c1nn(-c2ccc(F)cc2)c2c1CCC2. The number of carbonyl (C=O) groups is 1. The second-order valence-corrected chi connectivity index (χ2v) is 6.29. The van der Waals surface area contributed by atoms with Gasteiger partial charge in [0, 0.05) is 38.6 Å². The molecule has 1 aliphatic rings. The van der Waals surface area contributed by atoms with Crippen LogP contribution in [-0.4, -0.2) is 61.1 Å². The molecule has 3 rings (SSSR count). The van der Waals surface area contributed by atoms with E-state index in [2.05, 4.69) is 5.10 Å². The predicted molar refractivity (Wildman–Crippen MR) is 95.2 cm³/mol. The summed E-state index contributed by atoms with van der Waals surface area (Å²) in [6.45, 7) is 1.88. The summed E-state index contributed by atoms with van der Waals surface area (Å²) in [6.07, 6.45) is 2.69. The van der Waals surface area contributed by atoms with Crippen LogP contribution >= 0.6 is 0 Å². The van der Waals surface area contributed by atoms with Gasteiger partial charge in [-0.15, -0.1) is 0 Å². The fourth-order valence-corrected chi connectivity index (χ4v) is 3.27. The van der Waals surface area contributed by atoms with E-state index in [0.717, 1.165) is 36.2 Å². The molecule has 1 heterocycles. The molecule has 0 saturated carbocycles. The quantitative estimate of drug-likeness (QED) is 0.724. The van der Waals surface area contributed by atoms with E-state index in [1.54, 1.807) is 35.9 Å². The van der Waals surface area contributed by atoms with Crippen LogP contribution in [0.5, 0.6) is 0 Å². The Kier molecular flexibility index (Phi) is 6.00. The van der Waals surface area contributed by atoms with Crippen LogP contribution in [0.4, 0.5) is 4.39 Å². The lowest BCUT2D eigenvalue weighted by Gasteiger charge is -2.21. The Morgan fingerprint density at radius 3 is 2.42 bits per heavy atom. The molecule has 140 valence electrons. The normalized spacial score (nSPS) is 13.0. The van der Waals surface area contributed by atoms with E-state index in [1.165, 1.54) is 12.1 Å². The lowest BCUT2D eigenvalue weighted by atomic mass is 10.2. The second-order valence-electron chi connectivity index (χ2n) is 6.29. The number of hydrogen-bond acceptors (Lipinski definition) is 4. The fourth-order valence-electron chi connectivity index (χ4n) is 3.27. The maximum atomic E-state index is 13.2. The number of ether oxygens (including phenoxy) is 2. The number of fused-ring (bicyclic) bond motifs is 1. The van der Waals surface area contributed by atoms with Gasteiger partial charge in [-0.25, -0.2) is 9.07 Å². The smallest absolute Gasteiger partial charge is 0.274 e. The van der Waals surface area contributed by atoms with Crippen molar-refractivity contribution in [1.29, 1.82) is 0 Å². The number of halogens is 1. The van der Waals surface area contributed by atoms with Crippen molar-refractivity contribution >= 4 is 5.91 Å². The van der Waals surface area contributed by atoms with Gasteiger partial charge in [-0.3, -0.25) is 4.79 Å². The molecule has 0 atom stereocenters. The van der Waals surface area contributed by atoms with Gasteiger partial charge in [0.2, 0.25) is 0 Å². The number of benzene rings is 1. The van der Waals surface area contributed by atoms with Gasteiger partial charge in [-0.2, -0.15) is 5.10 Å². The molecule has 1 aromatic heterocycles. The summed E-state index contributed by atoms with van der Waals surface area (Å²) >= 11 is 0. The first kappa shape index (κ1) is 18.5. The van der Waals surface area contributed by atoms with Crippen LogP contribution in [0.3, 0.4) is 0 Å². The van der Waals surface area contributed by atoms with Crippen molar-refractivity contribution in [3.8, 4) is 5.69 Å². The van der Waals surface area contributed by atoms with E-state index >= 15 is 0 Å². The van der Waals surface area contributed by atoms with E-state index in [9.17, 15) is 9.18 Å². The number of methoxy groups -OCH3 is 2. The van der Waals surface area contributed by atoms with Crippen LogP contribution in [0.2, 0.25) is 0 Å². The topological polar surface area (TPSA) is 56.6 Å². The minimum absolute atomic E-state index is 0.113. The number of aromatic nitrogens is 2. The van der Waals surface area contributed by atoms with Gasteiger partial charge in [0.1, 0.15) is 5.82 Å². The van der Waals surface area contributed by atoms with Crippen molar-refractivity contribution in [2.24, 2.45) is 0 Å². The van der Waals surface area contributed by atoms with Crippen molar-refractivity contribution in [2.75, 3.05) is 40.5 Å². The molecule has 1 aromatic carbocycles. The zero-order valence-electron chi connectivity index (χ0n) is 15.2. The van der Waals surface area contributed by atoms with Crippen LogP contribution in [-0.2, 0) is 22.3 Å². The van der Waals surface area contributed by atoms with Crippen LogP contribution in [0.15, 0.2) is 24.3 Å². The van der Waals surface area contributed by atoms with Crippen LogP contribution in [0.25, 0.3) is 5.69 Å². The Balaban J connectivity index is 1.92. The molecule has 1 amide bonds. The minimum atomic E-state index is -0.292. The molecular weight excluding hydrogens is 337 g/mol. The van der Waals surface area contributed by atoms with Gasteiger partial charge in [0.25, 0.3) is 5.91 Å². The third-order valence-electron chi connectivity index (χ3n) is 4.62. The molecule has 1 aliphatic carbocycles.